The molecule has 1 aromatic rings. The Bertz CT molecular complexity index is 585. The molecule has 2 N–H and O–H groups in total. The number of hydrogen-bond acceptors (Lipinski definition) is 3. The molecule has 0 spiro atoms. The number of amides is 1. The van der Waals surface area contributed by atoms with Crippen molar-refractivity contribution in [2.75, 3.05) is 18.5 Å². The maximum Gasteiger partial charge on any atom is 0.416 e. The van der Waals surface area contributed by atoms with E-state index in [0.29, 0.717) is 0 Å². The van der Waals surface area contributed by atoms with Gasteiger partial charge in [-0.15, -0.1) is 0 Å². The largest absolute Gasteiger partial charge is 0.416 e. The average Bonchev–Trinajstić information content (AvgIpc) is 3.20. The van der Waals surface area contributed by atoms with Gasteiger partial charge in [-0.25, -0.2) is 0 Å². The third kappa shape index (κ3) is 3.75. The Kier molecular flexibility index (Phi) is 4.27. The lowest BCUT2D eigenvalue weighted by atomic mass is 10.2. The monoisotopic (exact) mass is 320 g/mol. The second-order valence-electron chi connectivity index (χ2n) is 4.98. The number of rotatable bonds is 4. The Morgan fingerprint density at radius 2 is 2.05 bits per heavy atom. The van der Waals surface area contributed by atoms with Gasteiger partial charge in [0, 0.05) is 18.8 Å². The predicted octanol–water partition coefficient (Wildman–Crippen LogP) is 2.02. The van der Waals surface area contributed by atoms with Gasteiger partial charge in [0.2, 0.25) is 5.91 Å². The van der Waals surface area contributed by atoms with Gasteiger partial charge in [0.1, 0.15) is 5.75 Å². The number of nitrogen functional groups attached to an aromatic ring is 1. The number of benzene rings is 1. The van der Waals surface area contributed by atoms with Crippen LogP contribution in [0.3, 0.4) is 0 Å². The van der Waals surface area contributed by atoms with Gasteiger partial charge in [0.15, 0.2) is 0 Å². The molecule has 1 aliphatic rings. The minimum Gasteiger partial charge on any atom is -0.398 e. The van der Waals surface area contributed by atoms with Gasteiger partial charge in [-0.3, -0.25) is 9.00 Å². The first-order valence-electron chi connectivity index (χ1n) is 6.31. The van der Waals surface area contributed by atoms with Gasteiger partial charge in [0.05, 0.1) is 21.3 Å². The number of halogens is 3. The van der Waals surface area contributed by atoms with Gasteiger partial charge < -0.3 is 10.6 Å². The quantitative estimate of drug-likeness (QED) is 0.863. The molecular formula is C13H15F3N2O2S. The van der Waals surface area contributed by atoms with Crippen LogP contribution in [-0.2, 0) is 21.8 Å². The SMILES string of the molecule is CN(C(=O)CS(=O)c1ccc(C(F)(F)F)cc1N)C1CC1. The summed E-state index contributed by atoms with van der Waals surface area (Å²) in [6, 6.07) is 2.82. The highest BCUT2D eigenvalue weighted by atomic mass is 32.2. The van der Waals surface area contributed by atoms with Crippen LogP contribution in [0.15, 0.2) is 23.1 Å². The van der Waals surface area contributed by atoms with Gasteiger partial charge in [-0.2, -0.15) is 13.2 Å². The van der Waals surface area contributed by atoms with Crippen molar-refractivity contribution < 1.29 is 22.2 Å². The standard InChI is InChI=1S/C13H15F3N2O2S/c1-18(9-3-4-9)12(19)7-21(20)11-5-2-8(6-10(11)17)13(14,15)16/h2,5-6,9H,3-4,7,17H2,1H3. The lowest BCUT2D eigenvalue weighted by Gasteiger charge is -2.16. The van der Waals surface area contributed by atoms with Crippen molar-refractivity contribution in [3.05, 3.63) is 23.8 Å². The summed E-state index contributed by atoms with van der Waals surface area (Å²) in [6.07, 6.45) is -2.65. The molecule has 1 aliphatic carbocycles. The Hall–Kier alpha value is -1.57. The zero-order valence-corrected chi connectivity index (χ0v) is 12.1. The Morgan fingerprint density at radius 3 is 2.52 bits per heavy atom. The fourth-order valence-corrected chi connectivity index (χ4v) is 3.01. The van der Waals surface area contributed by atoms with Crippen molar-refractivity contribution in [2.45, 2.75) is 30.0 Å². The summed E-state index contributed by atoms with van der Waals surface area (Å²) < 4.78 is 49.6. The lowest BCUT2D eigenvalue weighted by Crippen LogP contribution is -2.32. The number of nitrogens with zero attached hydrogens (tertiary/aromatic N) is 1. The maximum absolute atomic E-state index is 12.5. The van der Waals surface area contributed by atoms with Gasteiger partial charge in [0.25, 0.3) is 0 Å². The van der Waals surface area contributed by atoms with Crippen LogP contribution >= 0.6 is 0 Å². The zero-order chi connectivity index (χ0) is 15.8. The van der Waals surface area contributed by atoms with Crippen LogP contribution < -0.4 is 5.73 Å². The van der Waals surface area contributed by atoms with E-state index in [1.165, 1.54) is 4.90 Å². The van der Waals surface area contributed by atoms with Crippen molar-refractivity contribution in [3.63, 3.8) is 0 Å². The van der Waals surface area contributed by atoms with Crippen LogP contribution in [0.4, 0.5) is 18.9 Å². The van der Waals surface area contributed by atoms with Crippen molar-refractivity contribution in [2.24, 2.45) is 0 Å². The molecule has 1 amide bonds. The highest BCUT2D eigenvalue weighted by Crippen LogP contribution is 2.32. The van der Waals surface area contributed by atoms with Crippen LogP contribution in [0.1, 0.15) is 18.4 Å². The fraction of sp³-hybridized carbons (Fsp3) is 0.462. The molecule has 0 radical (unpaired) electrons. The number of hydrogen-bond donors (Lipinski definition) is 1. The summed E-state index contributed by atoms with van der Waals surface area (Å²) in [5.74, 6) is -0.571. The van der Waals surface area contributed by atoms with Gasteiger partial charge >= 0.3 is 6.18 Å². The highest BCUT2D eigenvalue weighted by molar-refractivity contribution is 7.86. The maximum atomic E-state index is 12.5. The molecule has 4 nitrogen and oxygen atoms in total. The molecule has 2 rings (SSSR count). The summed E-state index contributed by atoms with van der Waals surface area (Å²) in [4.78, 5) is 13.4. The number of alkyl halides is 3. The minimum absolute atomic E-state index is 0.0561. The number of carbonyl (C=O) groups is 1. The number of anilines is 1. The van der Waals surface area contributed by atoms with Crippen LogP contribution in [0, 0.1) is 0 Å². The van der Waals surface area contributed by atoms with Crippen LogP contribution in [-0.4, -0.2) is 33.9 Å². The van der Waals surface area contributed by atoms with E-state index in [1.807, 2.05) is 0 Å². The lowest BCUT2D eigenvalue weighted by molar-refractivity contribution is -0.137. The van der Waals surface area contributed by atoms with E-state index < -0.39 is 22.5 Å². The van der Waals surface area contributed by atoms with E-state index in [2.05, 4.69) is 0 Å². The Morgan fingerprint density at radius 1 is 1.43 bits per heavy atom. The summed E-state index contributed by atoms with van der Waals surface area (Å²) >= 11 is 0. The van der Waals surface area contributed by atoms with Crippen molar-refractivity contribution >= 4 is 22.4 Å². The molecule has 1 fully saturated rings. The van der Waals surface area contributed by atoms with Gasteiger partial charge in [-0.1, -0.05) is 0 Å². The van der Waals surface area contributed by atoms with E-state index in [9.17, 15) is 22.2 Å². The van der Waals surface area contributed by atoms with Gasteiger partial charge in [-0.05, 0) is 31.0 Å². The molecule has 0 aliphatic heterocycles. The molecule has 8 heteroatoms. The second kappa shape index (κ2) is 5.67. The van der Waals surface area contributed by atoms with Crippen LogP contribution in [0.2, 0.25) is 0 Å². The molecule has 1 atom stereocenters. The molecule has 1 unspecified atom stereocenters. The third-order valence-corrected chi connectivity index (χ3v) is 4.70. The highest BCUT2D eigenvalue weighted by Gasteiger charge is 2.32. The smallest absolute Gasteiger partial charge is 0.398 e. The summed E-state index contributed by atoms with van der Waals surface area (Å²) in [6.45, 7) is 0. The molecule has 0 bridgehead atoms. The minimum atomic E-state index is -4.50. The molecular weight excluding hydrogens is 305 g/mol. The van der Waals surface area contributed by atoms with E-state index in [-0.39, 0.29) is 28.3 Å². The normalized spacial score (nSPS) is 16.6. The van der Waals surface area contributed by atoms with Crippen molar-refractivity contribution in [3.8, 4) is 0 Å². The van der Waals surface area contributed by atoms with Crippen LogP contribution in [0.25, 0.3) is 0 Å². The summed E-state index contributed by atoms with van der Waals surface area (Å²) in [7, 11) is -0.121. The number of nitrogens with two attached hydrogens (primary N) is 1. The van der Waals surface area contributed by atoms with E-state index >= 15 is 0 Å². The second-order valence-corrected chi connectivity index (χ2v) is 6.40. The average molecular weight is 320 g/mol. The Balaban J connectivity index is 2.10. The van der Waals surface area contributed by atoms with E-state index in [4.69, 9.17) is 5.73 Å². The molecule has 116 valence electrons. The number of carbonyl (C=O) groups excluding carboxylic acids is 1. The van der Waals surface area contributed by atoms with Crippen molar-refractivity contribution in [1.82, 2.24) is 4.90 Å². The molecule has 0 heterocycles. The van der Waals surface area contributed by atoms with Crippen molar-refractivity contribution in [1.29, 1.82) is 0 Å². The Labute approximate surface area is 122 Å². The molecule has 21 heavy (non-hydrogen) atoms. The van der Waals surface area contributed by atoms with E-state index in [0.717, 1.165) is 31.0 Å². The first kappa shape index (κ1) is 15.8. The summed E-state index contributed by atoms with van der Waals surface area (Å²) in [5, 5.41) is 0. The molecule has 1 saturated carbocycles. The third-order valence-electron chi connectivity index (χ3n) is 3.32. The zero-order valence-electron chi connectivity index (χ0n) is 11.3. The predicted molar refractivity (Wildman–Crippen MR) is 72.9 cm³/mol. The van der Waals surface area contributed by atoms with Crippen LogP contribution in [0.5, 0.6) is 0 Å². The first-order valence-corrected chi connectivity index (χ1v) is 7.63. The molecule has 0 aromatic heterocycles. The summed E-state index contributed by atoms with van der Waals surface area (Å²) in [5.41, 5.74) is 4.41. The topological polar surface area (TPSA) is 63.4 Å². The first-order chi connectivity index (χ1) is 9.70. The van der Waals surface area contributed by atoms with E-state index in [1.54, 1.807) is 7.05 Å². The fourth-order valence-electron chi connectivity index (χ4n) is 1.89. The molecule has 1 aromatic carbocycles. The molecule has 0 saturated heterocycles.